The number of hydrogen-bond acceptors (Lipinski definition) is 1. The van der Waals surface area contributed by atoms with Crippen molar-refractivity contribution in [1.29, 1.82) is 0 Å². The molecule has 0 aromatic heterocycles. The van der Waals surface area contributed by atoms with Crippen LogP contribution in [0.15, 0.2) is 0 Å². The van der Waals surface area contributed by atoms with Crippen molar-refractivity contribution < 1.29 is 0 Å². The predicted molar refractivity (Wildman–Crippen MR) is 50.3 cm³/mol. The van der Waals surface area contributed by atoms with E-state index < -0.39 is 0 Å². The minimum atomic E-state index is -0.0417. The molecule has 0 aromatic rings. The van der Waals surface area contributed by atoms with Crippen molar-refractivity contribution in [1.82, 2.24) is 5.32 Å². The number of alkyl halides is 2. The molecular weight excluding hydrogens is 302 g/mol. The molecule has 0 saturated carbocycles. The molecule has 0 bridgehead atoms. The van der Waals surface area contributed by atoms with Crippen molar-refractivity contribution in [2.75, 3.05) is 7.05 Å². The molecule has 0 atom stereocenters. The quantitative estimate of drug-likeness (QED) is 0.611. The molecule has 0 heterocycles. The smallest absolute Gasteiger partial charge is 0.129 e. The third-order valence-corrected chi connectivity index (χ3v) is 2.72. The van der Waals surface area contributed by atoms with Gasteiger partial charge in [0.05, 0.1) is 0 Å². The fourth-order valence-electron chi connectivity index (χ4n) is 0.177. The first kappa shape index (κ1) is 12.1. The monoisotopic (exact) mass is 309 g/mol. The first-order chi connectivity index (χ1) is 3.12. The van der Waals surface area contributed by atoms with Crippen LogP contribution in [0.5, 0.6) is 0 Å². The average Bonchev–Trinajstić information content (AvgIpc) is 1.68. The van der Waals surface area contributed by atoms with Gasteiger partial charge < -0.3 is 0 Å². The van der Waals surface area contributed by atoms with E-state index in [2.05, 4.69) is 44.1 Å². The Kier molecular flexibility index (Phi) is 7.88. The van der Waals surface area contributed by atoms with E-state index in [9.17, 15) is 0 Å². The zero-order valence-corrected chi connectivity index (χ0v) is 9.76. The summed E-state index contributed by atoms with van der Waals surface area (Å²) in [6.07, 6.45) is 1.02. The van der Waals surface area contributed by atoms with Gasteiger partial charge in [-0.05, 0) is 13.5 Å². The van der Waals surface area contributed by atoms with Crippen molar-refractivity contribution in [2.45, 2.75) is 16.7 Å². The summed E-state index contributed by atoms with van der Waals surface area (Å²) >= 11 is 6.77. The molecule has 0 aliphatic carbocycles. The predicted octanol–water partition coefficient (Wildman–Crippen LogP) is 2.64. The van der Waals surface area contributed by atoms with Crippen LogP contribution in [-0.4, -0.2) is 10.4 Å². The molecule has 0 amide bonds. The summed E-state index contributed by atoms with van der Waals surface area (Å²) in [6.45, 7) is 2.08. The highest BCUT2D eigenvalue weighted by Gasteiger charge is 2.14. The second-order valence-electron chi connectivity index (χ2n) is 1.31. The second-order valence-corrected chi connectivity index (χ2v) is 5.08. The van der Waals surface area contributed by atoms with Gasteiger partial charge in [-0.25, -0.2) is 0 Å². The number of halogens is 3. The van der Waals surface area contributed by atoms with E-state index in [-0.39, 0.29) is 20.3 Å². The Bertz CT molecular complexity index is 49.2. The van der Waals surface area contributed by atoms with Gasteiger partial charge in [0.25, 0.3) is 0 Å². The fraction of sp³-hybridized carbons (Fsp3) is 1.00. The molecule has 0 aromatic carbocycles. The maximum Gasteiger partial charge on any atom is 0.129 e. The molecule has 0 fully saturated rings. The highest BCUT2D eigenvalue weighted by Crippen LogP contribution is 2.24. The Morgan fingerprint density at radius 3 is 1.88 bits per heavy atom. The summed E-state index contributed by atoms with van der Waals surface area (Å²) in [6, 6.07) is 0. The first-order valence-electron chi connectivity index (χ1n) is 2.19. The lowest BCUT2D eigenvalue weighted by molar-refractivity contribution is 0.692. The zero-order chi connectivity index (χ0) is 5.91. The summed E-state index contributed by atoms with van der Waals surface area (Å²) in [4.78, 5) is 0. The minimum Gasteiger partial charge on any atom is -0.297 e. The molecule has 8 heavy (non-hydrogen) atoms. The van der Waals surface area contributed by atoms with Gasteiger partial charge in [-0.15, -0.1) is 17.0 Å². The summed E-state index contributed by atoms with van der Waals surface area (Å²) in [7, 11) is 1.90. The van der Waals surface area contributed by atoms with Gasteiger partial charge in [0.1, 0.15) is 3.36 Å². The van der Waals surface area contributed by atoms with Crippen molar-refractivity contribution in [3.8, 4) is 0 Å². The number of hydrogen-bond donors (Lipinski definition) is 1. The van der Waals surface area contributed by atoms with Crippen LogP contribution in [0.3, 0.4) is 0 Å². The van der Waals surface area contributed by atoms with Gasteiger partial charge in [0, 0.05) is 0 Å². The Hall–Kier alpha value is 1.40. The van der Waals surface area contributed by atoms with Crippen molar-refractivity contribution in [2.24, 2.45) is 0 Å². The maximum atomic E-state index is 3.39. The molecule has 0 radical (unpaired) electrons. The third-order valence-electron chi connectivity index (χ3n) is 0.810. The fourth-order valence-corrected chi connectivity index (χ4v) is 0.177. The van der Waals surface area contributed by atoms with Crippen LogP contribution in [0.4, 0.5) is 0 Å². The zero-order valence-electron chi connectivity index (χ0n) is 4.87. The Morgan fingerprint density at radius 1 is 1.50 bits per heavy atom. The molecule has 0 rings (SSSR count). The van der Waals surface area contributed by atoms with Crippen LogP contribution >= 0.6 is 48.8 Å². The van der Waals surface area contributed by atoms with Gasteiger partial charge in [0.2, 0.25) is 0 Å². The molecular formula is C4H10Br3N. The van der Waals surface area contributed by atoms with E-state index in [1.165, 1.54) is 0 Å². The van der Waals surface area contributed by atoms with Crippen molar-refractivity contribution in [3.05, 3.63) is 0 Å². The lowest BCUT2D eigenvalue weighted by atomic mass is 10.5. The molecule has 1 N–H and O–H groups in total. The van der Waals surface area contributed by atoms with Gasteiger partial charge in [-0.1, -0.05) is 38.8 Å². The van der Waals surface area contributed by atoms with Crippen LogP contribution in [0.25, 0.3) is 0 Å². The van der Waals surface area contributed by atoms with E-state index in [0.29, 0.717) is 0 Å². The lowest BCUT2D eigenvalue weighted by Crippen LogP contribution is -2.27. The first-order valence-corrected chi connectivity index (χ1v) is 3.77. The van der Waals surface area contributed by atoms with E-state index in [1.54, 1.807) is 0 Å². The van der Waals surface area contributed by atoms with Crippen molar-refractivity contribution in [3.63, 3.8) is 0 Å². The molecule has 0 unspecified atom stereocenters. The van der Waals surface area contributed by atoms with Gasteiger partial charge in [-0.3, -0.25) is 5.32 Å². The molecule has 0 saturated heterocycles. The molecule has 52 valence electrons. The summed E-state index contributed by atoms with van der Waals surface area (Å²) in [5, 5.41) is 3.02. The van der Waals surface area contributed by atoms with Crippen LogP contribution in [0.1, 0.15) is 13.3 Å². The maximum absolute atomic E-state index is 3.39. The molecule has 1 nitrogen and oxygen atoms in total. The summed E-state index contributed by atoms with van der Waals surface area (Å²) < 4.78 is -0.0417. The van der Waals surface area contributed by atoms with Crippen LogP contribution < -0.4 is 5.32 Å². The van der Waals surface area contributed by atoms with Gasteiger partial charge >= 0.3 is 0 Å². The topological polar surface area (TPSA) is 12.0 Å². The molecule has 0 aliphatic rings. The highest BCUT2D eigenvalue weighted by atomic mass is 79.9. The number of nitrogens with one attached hydrogen (secondary N) is 1. The standard InChI is InChI=1S/C4H9Br2N.BrH/c1-3-4(5,6)7-2;/h7H,3H2,1-2H3;1H. The van der Waals surface area contributed by atoms with Gasteiger partial charge in [0.15, 0.2) is 0 Å². The minimum absolute atomic E-state index is 0. The van der Waals surface area contributed by atoms with Gasteiger partial charge in [-0.2, -0.15) is 0 Å². The molecule has 4 heteroatoms. The van der Waals surface area contributed by atoms with E-state index >= 15 is 0 Å². The van der Waals surface area contributed by atoms with E-state index in [0.717, 1.165) is 6.42 Å². The normalized spacial score (nSPS) is 10.5. The SMILES string of the molecule is Br.CCC(Br)(Br)NC. The van der Waals surface area contributed by atoms with E-state index in [1.807, 2.05) is 7.05 Å². The average molecular weight is 312 g/mol. The second kappa shape index (κ2) is 5.21. The summed E-state index contributed by atoms with van der Waals surface area (Å²) in [5.41, 5.74) is 0. The Morgan fingerprint density at radius 2 is 1.88 bits per heavy atom. The highest BCUT2D eigenvalue weighted by molar-refractivity contribution is 9.25. The molecule has 0 spiro atoms. The van der Waals surface area contributed by atoms with Crippen LogP contribution in [0, 0.1) is 0 Å². The third kappa shape index (κ3) is 5.54. The van der Waals surface area contributed by atoms with Crippen LogP contribution in [-0.2, 0) is 0 Å². The summed E-state index contributed by atoms with van der Waals surface area (Å²) in [5.74, 6) is 0. The lowest BCUT2D eigenvalue weighted by Gasteiger charge is -2.15. The Balaban J connectivity index is 0. The van der Waals surface area contributed by atoms with Crippen LogP contribution in [0.2, 0.25) is 0 Å². The Labute approximate surface area is 77.6 Å². The largest absolute Gasteiger partial charge is 0.297 e. The van der Waals surface area contributed by atoms with E-state index in [4.69, 9.17) is 0 Å². The molecule has 0 aliphatic heterocycles. The number of rotatable bonds is 2. The van der Waals surface area contributed by atoms with Crippen molar-refractivity contribution >= 4 is 48.8 Å².